The number of hydrogen-bond donors (Lipinski definition) is 3. The first-order valence-corrected chi connectivity index (χ1v) is 11.6. The van der Waals surface area contributed by atoms with E-state index in [1.807, 2.05) is 6.20 Å². The molecule has 2 fully saturated rings. The molecule has 1 heterocycles. The molecule has 3 N–H and O–H groups in total. The van der Waals surface area contributed by atoms with E-state index in [0.29, 0.717) is 11.8 Å². The summed E-state index contributed by atoms with van der Waals surface area (Å²) in [5.74, 6) is 1.06. The largest absolute Gasteiger partial charge is 0.390 e. The third-order valence-corrected chi connectivity index (χ3v) is 9.65. The average molecular weight is 405 g/mol. The first-order chi connectivity index (χ1) is 14.4. The molecule has 1 aromatic heterocycles. The number of aliphatic hydroxyl groups excluding tert-OH is 2. The fourth-order valence-electron chi connectivity index (χ4n) is 8.12. The van der Waals surface area contributed by atoms with E-state index in [9.17, 15) is 10.2 Å². The van der Waals surface area contributed by atoms with Crippen molar-refractivity contribution in [2.45, 2.75) is 58.2 Å². The zero-order valence-electron chi connectivity index (χ0n) is 17.9. The van der Waals surface area contributed by atoms with Gasteiger partial charge in [0.25, 0.3) is 0 Å². The highest BCUT2D eigenvalue weighted by Crippen LogP contribution is 2.66. The lowest BCUT2D eigenvalue weighted by atomic mass is 9.43. The topological polar surface area (TPSA) is 69.1 Å². The van der Waals surface area contributed by atoms with Crippen molar-refractivity contribution in [3.8, 4) is 0 Å². The average Bonchev–Trinajstić information content (AvgIpc) is 3.34. The number of H-pyrrole nitrogens is 1. The van der Waals surface area contributed by atoms with Gasteiger partial charge in [-0.2, -0.15) is 5.10 Å². The van der Waals surface area contributed by atoms with Crippen molar-refractivity contribution in [1.82, 2.24) is 10.2 Å². The maximum absolute atomic E-state index is 11.4. The summed E-state index contributed by atoms with van der Waals surface area (Å²) in [6.07, 6.45) is 8.10. The van der Waals surface area contributed by atoms with E-state index in [2.05, 4.69) is 60.5 Å². The van der Waals surface area contributed by atoms with Gasteiger partial charge in [-0.15, -0.1) is 0 Å². The number of allylic oxidation sites excluding steroid dienone is 2. The fraction of sp³-hybridized carbons (Fsp3) is 0.577. The van der Waals surface area contributed by atoms with E-state index in [1.165, 1.54) is 16.7 Å². The third-order valence-electron chi connectivity index (χ3n) is 9.65. The first kappa shape index (κ1) is 18.8. The lowest BCUT2D eigenvalue weighted by Gasteiger charge is -2.62. The van der Waals surface area contributed by atoms with Crippen molar-refractivity contribution in [3.63, 3.8) is 0 Å². The van der Waals surface area contributed by atoms with Gasteiger partial charge < -0.3 is 10.2 Å². The van der Waals surface area contributed by atoms with Gasteiger partial charge in [-0.05, 0) is 83.3 Å². The van der Waals surface area contributed by atoms with Crippen LogP contribution in [0.4, 0.5) is 0 Å². The molecule has 0 bridgehead atoms. The van der Waals surface area contributed by atoms with Crippen LogP contribution in [0.25, 0.3) is 5.57 Å². The molecule has 0 spiro atoms. The van der Waals surface area contributed by atoms with Crippen LogP contribution >= 0.6 is 0 Å². The summed E-state index contributed by atoms with van der Waals surface area (Å²) in [4.78, 5) is 0. The van der Waals surface area contributed by atoms with E-state index >= 15 is 0 Å². The molecule has 2 aromatic rings. The minimum absolute atomic E-state index is 0.0109. The van der Waals surface area contributed by atoms with Crippen LogP contribution < -0.4 is 0 Å². The van der Waals surface area contributed by atoms with Crippen molar-refractivity contribution in [2.24, 2.45) is 34.5 Å². The minimum Gasteiger partial charge on any atom is -0.390 e. The number of nitrogens with one attached hydrogen (secondary N) is 1. The minimum atomic E-state index is -0.671. The Bertz CT molecular complexity index is 997. The van der Waals surface area contributed by atoms with Gasteiger partial charge in [-0.3, -0.25) is 5.10 Å². The Balaban J connectivity index is 1.39. The van der Waals surface area contributed by atoms with Gasteiger partial charge >= 0.3 is 0 Å². The van der Waals surface area contributed by atoms with Crippen molar-refractivity contribution < 1.29 is 10.2 Å². The Morgan fingerprint density at radius 2 is 1.83 bits per heavy atom. The van der Waals surface area contributed by atoms with Crippen LogP contribution in [0, 0.1) is 34.5 Å². The summed E-state index contributed by atoms with van der Waals surface area (Å²) in [5, 5.41) is 30.2. The second-order valence-corrected chi connectivity index (χ2v) is 10.8. The second kappa shape index (κ2) is 6.30. The van der Waals surface area contributed by atoms with Gasteiger partial charge in [-0.1, -0.05) is 50.3 Å². The number of nitrogens with zero attached hydrogens (tertiary/aromatic N) is 1. The number of aliphatic hydroxyl groups is 2. The SMILES string of the molecule is C[C@]12Cc3cn[nH]c3C[C@@H]1[C@@H](O)[C@H](O)[C@@H]1[C@@H]2CC[C@]2(C)C(c3ccccc3)=CC[C@@H]12. The fourth-order valence-corrected chi connectivity index (χ4v) is 8.12. The van der Waals surface area contributed by atoms with Crippen molar-refractivity contribution in [3.05, 3.63) is 59.4 Å². The summed E-state index contributed by atoms with van der Waals surface area (Å²) in [6, 6.07) is 10.8. The van der Waals surface area contributed by atoms with Gasteiger partial charge in [0.2, 0.25) is 0 Å². The molecule has 8 atom stereocenters. The molecular formula is C26H32N2O2. The van der Waals surface area contributed by atoms with Crippen LogP contribution in [0.2, 0.25) is 0 Å². The zero-order chi connectivity index (χ0) is 20.7. The predicted molar refractivity (Wildman–Crippen MR) is 116 cm³/mol. The molecule has 6 rings (SSSR count). The van der Waals surface area contributed by atoms with Crippen LogP contribution in [-0.4, -0.2) is 32.6 Å². The van der Waals surface area contributed by atoms with Crippen LogP contribution in [0.1, 0.15) is 49.9 Å². The number of benzene rings is 1. The van der Waals surface area contributed by atoms with Gasteiger partial charge in [0.1, 0.15) is 0 Å². The van der Waals surface area contributed by atoms with Gasteiger partial charge in [0.05, 0.1) is 18.4 Å². The first-order valence-electron chi connectivity index (χ1n) is 11.6. The maximum Gasteiger partial charge on any atom is 0.0839 e. The molecule has 0 amide bonds. The molecule has 4 nitrogen and oxygen atoms in total. The number of fused-ring (bicyclic) bond motifs is 6. The molecule has 4 aliphatic rings. The Kier molecular flexibility index (Phi) is 3.96. The highest BCUT2D eigenvalue weighted by atomic mass is 16.3. The van der Waals surface area contributed by atoms with E-state index < -0.39 is 12.2 Å². The summed E-state index contributed by atoms with van der Waals surface area (Å²) in [6.45, 7) is 4.78. The van der Waals surface area contributed by atoms with Crippen molar-refractivity contribution in [1.29, 1.82) is 0 Å². The van der Waals surface area contributed by atoms with Crippen LogP contribution in [0.5, 0.6) is 0 Å². The summed E-state index contributed by atoms with van der Waals surface area (Å²) in [7, 11) is 0. The van der Waals surface area contributed by atoms with Crippen molar-refractivity contribution in [2.75, 3.05) is 0 Å². The van der Waals surface area contributed by atoms with Crippen LogP contribution in [0.15, 0.2) is 42.6 Å². The Morgan fingerprint density at radius 1 is 1.03 bits per heavy atom. The van der Waals surface area contributed by atoms with Crippen LogP contribution in [0.3, 0.4) is 0 Å². The Labute approximate surface area is 178 Å². The lowest BCUT2D eigenvalue weighted by molar-refractivity contribution is -0.200. The molecule has 2 saturated carbocycles. The lowest BCUT2D eigenvalue weighted by Crippen LogP contribution is -2.64. The molecule has 1 aromatic carbocycles. The molecule has 158 valence electrons. The molecular weight excluding hydrogens is 372 g/mol. The number of aromatic amines is 1. The molecule has 0 radical (unpaired) electrons. The third kappa shape index (κ3) is 2.32. The summed E-state index contributed by atoms with van der Waals surface area (Å²) >= 11 is 0. The Hall–Kier alpha value is -1.91. The standard InChI is InChI=1S/C26H32N2O2/c1-25-11-10-19-22(18(25)9-8-17(25)15-6-4-3-5-7-15)24(30)23(29)20-12-21-16(14-27-28-21)13-26(19,20)2/h3-8,14,18-20,22-24,29-30H,9-13H2,1-2H3,(H,27,28)/t18-,19-,20+,22-,23+,24+,25+,26+/m0/s1. The summed E-state index contributed by atoms with van der Waals surface area (Å²) < 4.78 is 0. The number of rotatable bonds is 1. The molecule has 4 heteroatoms. The van der Waals surface area contributed by atoms with Gasteiger partial charge in [0.15, 0.2) is 0 Å². The highest BCUT2D eigenvalue weighted by molar-refractivity contribution is 5.73. The van der Waals surface area contributed by atoms with Gasteiger partial charge in [0, 0.05) is 5.69 Å². The number of aromatic nitrogens is 2. The molecule has 0 unspecified atom stereocenters. The predicted octanol–water partition coefficient (Wildman–Crippen LogP) is 4.00. The zero-order valence-corrected chi connectivity index (χ0v) is 17.9. The normalized spacial score (nSPS) is 44.5. The molecule has 4 aliphatic carbocycles. The monoisotopic (exact) mass is 404 g/mol. The second-order valence-electron chi connectivity index (χ2n) is 10.8. The van der Waals surface area contributed by atoms with E-state index in [-0.39, 0.29) is 22.7 Å². The molecule has 0 saturated heterocycles. The highest BCUT2D eigenvalue weighted by Gasteiger charge is 2.63. The maximum atomic E-state index is 11.4. The van der Waals surface area contributed by atoms with E-state index in [1.54, 1.807) is 0 Å². The smallest absolute Gasteiger partial charge is 0.0839 e. The Morgan fingerprint density at radius 3 is 2.63 bits per heavy atom. The summed E-state index contributed by atoms with van der Waals surface area (Å²) in [5.41, 5.74) is 5.30. The van der Waals surface area contributed by atoms with Crippen molar-refractivity contribution >= 4 is 5.57 Å². The molecule has 30 heavy (non-hydrogen) atoms. The van der Waals surface area contributed by atoms with Gasteiger partial charge in [-0.25, -0.2) is 0 Å². The molecule has 0 aliphatic heterocycles. The van der Waals surface area contributed by atoms with E-state index in [0.717, 1.165) is 37.8 Å². The van der Waals surface area contributed by atoms with Crippen LogP contribution in [-0.2, 0) is 12.8 Å². The number of hydrogen-bond acceptors (Lipinski definition) is 3. The van der Waals surface area contributed by atoms with E-state index in [4.69, 9.17) is 0 Å². The quantitative estimate of drug-likeness (QED) is 0.673.